The van der Waals surface area contributed by atoms with E-state index in [0.29, 0.717) is 0 Å². The molecule has 2 N–H and O–H groups in total. The minimum Gasteiger partial charge on any atom is -0.507 e. The summed E-state index contributed by atoms with van der Waals surface area (Å²) in [6.07, 6.45) is -0.309. The minimum atomic E-state index is -0.756. The van der Waals surface area contributed by atoms with E-state index in [4.69, 9.17) is 4.74 Å². The Morgan fingerprint density at radius 3 is 2.36 bits per heavy atom. The molecule has 2 aromatic rings. The molecule has 0 fully saturated rings. The summed E-state index contributed by atoms with van der Waals surface area (Å²) in [6.45, 7) is 3.34. The number of phenols is 2. The number of esters is 1. The first kappa shape index (κ1) is 19.3. The number of ketones is 3. The van der Waals surface area contributed by atoms with Gasteiger partial charge >= 0.3 is 5.97 Å². The fraction of sp³-hybridized carbons (Fsp3) is 0.238. The molecular weight excluding hydrogens is 364 g/mol. The van der Waals surface area contributed by atoms with E-state index in [1.54, 1.807) is 13.8 Å². The molecule has 3 rings (SSSR count). The molecular formula is C21H18O7. The molecule has 0 aliphatic heterocycles. The van der Waals surface area contributed by atoms with Crippen LogP contribution in [0.4, 0.5) is 0 Å². The molecule has 0 atom stereocenters. The van der Waals surface area contributed by atoms with Crippen molar-refractivity contribution < 1.29 is 34.1 Å². The lowest BCUT2D eigenvalue weighted by atomic mass is 9.80. The molecule has 1 aliphatic rings. The van der Waals surface area contributed by atoms with Crippen LogP contribution in [0.2, 0.25) is 0 Å². The van der Waals surface area contributed by atoms with Gasteiger partial charge in [0, 0.05) is 17.5 Å². The van der Waals surface area contributed by atoms with Crippen LogP contribution in [-0.4, -0.2) is 40.1 Å². The minimum absolute atomic E-state index is 0.00597. The largest absolute Gasteiger partial charge is 0.507 e. The molecule has 0 amide bonds. The molecule has 0 heterocycles. The molecule has 0 saturated carbocycles. The smallest absolute Gasteiger partial charge is 0.310 e. The van der Waals surface area contributed by atoms with Crippen LogP contribution < -0.4 is 0 Å². The zero-order valence-electron chi connectivity index (χ0n) is 15.4. The summed E-state index contributed by atoms with van der Waals surface area (Å²) in [4.78, 5) is 50.2. The van der Waals surface area contributed by atoms with Gasteiger partial charge in [-0.1, -0.05) is 19.1 Å². The number of hydrogen-bond donors (Lipinski definition) is 2. The maximum absolute atomic E-state index is 12.9. The van der Waals surface area contributed by atoms with Gasteiger partial charge in [-0.3, -0.25) is 19.2 Å². The normalized spacial score (nSPS) is 12.4. The fourth-order valence-electron chi connectivity index (χ4n) is 3.37. The molecule has 0 aromatic heterocycles. The molecule has 7 heteroatoms. The summed E-state index contributed by atoms with van der Waals surface area (Å²) in [6, 6.07) is 5.37. The second kappa shape index (κ2) is 7.26. The number of carbonyl (C=O) groups is 4. The van der Waals surface area contributed by atoms with Crippen LogP contribution in [0.1, 0.15) is 68.0 Å². The van der Waals surface area contributed by atoms with E-state index in [0.717, 1.165) is 0 Å². The quantitative estimate of drug-likeness (QED) is 0.514. The van der Waals surface area contributed by atoms with E-state index in [-0.39, 0.29) is 58.6 Å². The Hall–Kier alpha value is -3.48. The third-order valence-electron chi connectivity index (χ3n) is 4.61. The van der Waals surface area contributed by atoms with Crippen molar-refractivity contribution in [2.45, 2.75) is 26.7 Å². The van der Waals surface area contributed by atoms with Crippen molar-refractivity contribution in [3.63, 3.8) is 0 Å². The van der Waals surface area contributed by atoms with Gasteiger partial charge in [0.15, 0.2) is 11.6 Å². The summed E-state index contributed by atoms with van der Waals surface area (Å²) in [7, 11) is 0. The topological polar surface area (TPSA) is 118 Å². The van der Waals surface area contributed by atoms with Crippen molar-refractivity contribution >= 4 is 23.3 Å². The van der Waals surface area contributed by atoms with Crippen LogP contribution >= 0.6 is 0 Å². The van der Waals surface area contributed by atoms with E-state index >= 15 is 0 Å². The van der Waals surface area contributed by atoms with E-state index in [2.05, 4.69) is 0 Å². The third kappa shape index (κ3) is 2.94. The Balaban J connectivity index is 2.28. The first-order valence-electron chi connectivity index (χ1n) is 8.80. The Bertz CT molecular complexity index is 1030. The average Bonchev–Trinajstić information content (AvgIpc) is 2.65. The van der Waals surface area contributed by atoms with Gasteiger partial charge in [0.1, 0.15) is 11.5 Å². The predicted octanol–water partition coefficient (Wildman–Crippen LogP) is 2.57. The second-order valence-corrected chi connectivity index (χ2v) is 6.30. The van der Waals surface area contributed by atoms with Gasteiger partial charge in [-0.2, -0.15) is 0 Å². The van der Waals surface area contributed by atoms with E-state index in [1.165, 1.54) is 24.3 Å². The number of Topliss-reactive ketones (excluding diaryl/α,β-unsaturated/α-hetero) is 1. The number of phenolic OH excluding ortho intramolecular Hbond substituents is 2. The predicted molar refractivity (Wildman–Crippen MR) is 98.0 cm³/mol. The monoisotopic (exact) mass is 382 g/mol. The highest BCUT2D eigenvalue weighted by atomic mass is 16.5. The van der Waals surface area contributed by atoms with Crippen LogP contribution in [0, 0.1) is 0 Å². The van der Waals surface area contributed by atoms with Crippen LogP contribution in [0.15, 0.2) is 24.3 Å². The number of aromatic hydroxyl groups is 2. The third-order valence-corrected chi connectivity index (χ3v) is 4.61. The molecule has 0 bridgehead atoms. The lowest BCUT2D eigenvalue weighted by molar-refractivity contribution is -0.142. The van der Waals surface area contributed by atoms with Crippen molar-refractivity contribution in [1.82, 2.24) is 0 Å². The van der Waals surface area contributed by atoms with E-state index in [9.17, 15) is 29.4 Å². The van der Waals surface area contributed by atoms with Crippen LogP contribution in [-0.2, 0) is 16.0 Å². The molecule has 2 aromatic carbocycles. The van der Waals surface area contributed by atoms with Crippen molar-refractivity contribution in [3.8, 4) is 11.5 Å². The number of ether oxygens (including phenoxy) is 1. The molecule has 28 heavy (non-hydrogen) atoms. The molecule has 1 aliphatic carbocycles. The first-order valence-corrected chi connectivity index (χ1v) is 8.80. The van der Waals surface area contributed by atoms with Crippen molar-refractivity contribution in [1.29, 1.82) is 0 Å². The average molecular weight is 382 g/mol. The zero-order valence-corrected chi connectivity index (χ0v) is 15.4. The maximum Gasteiger partial charge on any atom is 0.310 e. The van der Waals surface area contributed by atoms with E-state index < -0.39 is 29.1 Å². The highest BCUT2D eigenvalue weighted by Crippen LogP contribution is 2.40. The van der Waals surface area contributed by atoms with Crippen LogP contribution in [0.5, 0.6) is 11.5 Å². The Labute approximate surface area is 160 Å². The van der Waals surface area contributed by atoms with Gasteiger partial charge in [-0.25, -0.2) is 0 Å². The summed E-state index contributed by atoms with van der Waals surface area (Å²) >= 11 is 0. The zero-order chi connectivity index (χ0) is 20.6. The Kier molecular flexibility index (Phi) is 5.00. The number of carbonyl (C=O) groups excluding carboxylic acids is 4. The first-order chi connectivity index (χ1) is 13.3. The van der Waals surface area contributed by atoms with Crippen molar-refractivity contribution in [3.05, 3.63) is 57.6 Å². The lowest BCUT2D eigenvalue weighted by Gasteiger charge is -2.22. The van der Waals surface area contributed by atoms with Gasteiger partial charge < -0.3 is 14.9 Å². The van der Waals surface area contributed by atoms with Crippen molar-refractivity contribution in [2.75, 3.05) is 6.61 Å². The second-order valence-electron chi connectivity index (χ2n) is 6.30. The highest BCUT2D eigenvalue weighted by molar-refractivity contribution is 6.31. The summed E-state index contributed by atoms with van der Waals surface area (Å²) in [5.74, 6) is -3.50. The molecule has 0 spiro atoms. The van der Waals surface area contributed by atoms with Crippen LogP contribution in [0.25, 0.3) is 0 Å². The van der Waals surface area contributed by atoms with Gasteiger partial charge in [-0.05, 0) is 24.6 Å². The SMILES string of the molecule is CCOC(=O)Cc1cc2c(c(O)c1C(=O)CC)C(=O)c1c(O)cccc1C2=O. The summed E-state index contributed by atoms with van der Waals surface area (Å²) in [5.41, 5.74) is -0.756. The molecule has 0 saturated heterocycles. The number of hydrogen-bond acceptors (Lipinski definition) is 7. The molecule has 7 nitrogen and oxygen atoms in total. The summed E-state index contributed by atoms with van der Waals surface area (Å²) < 4.78 is 4.90. The standard InChI is InChI=1S/C21H18O7/c1-3-13(22)16-10(9-15(24)28-4-2)8-12-18(20(16)26)21(27)17-11(19(12)25)6-5-7-14(17)23/h5-8,23,26H,3-4,9H2,1-2H3. The number of fused-ring (bicyclic) bond motifs is 2. The fourth-order valence-corrected chi connectivity index (χ4v) is 3.37. The van der Waals surface area contributed by atoms with Crippen LogP contribution in [0.3, 0.4) is 0 Å². The maximum atomic E-state index is 12.9. The van der Waals surface area contributed by atoms with E-state index in [1.807, 2.05) is 0 Å². The number of rotatable bonds is 5. The highest BCUT2D eigenvalue weighted by Gasteiger charge is 2.37. The summed E-state index contributed by atoms with van der Waals surface area (Å²) in [5, 5.41) is 20.8. The Morgan fingerprint density at radius 2 is 1.71 bits per heavy atom. The molecule has 0 radical (unpaired) electrons. The molecule has 144 valence electrons. The van der Waals surface area contributed by atoms with Gasteiger partial charge in [-0.15, -0.1) is 0 Å². The van der Waals surface area contributed by atoms with Gasteiger partial charge in [0.05, 0.1) is 29.7 Å². The molecule has 0 unspecified atom stereocenters. The number of benzene rings is 2. The van der Waals surface area contributed by atoms with Gasteiger partial charge in [0.2, 0.25) is 5.78 Å². The lowest BCUT2D eigenvalue weighted by Crippen LogP contribution is -2.23. The van der Waals surface area contributed by atoms with Crippen molar-refractivity contribution in [2.24, 2.45) is 0 Å². The van der Waals surface area contributed by atoms with Gasteiger partial charge in [0.25, 0.3) is 0 Å². The Morgan fingerprint density at radius 1 is 1.00 bits per heavy atom.